The van der Waals surface area contributed by atoms with Crippen LogP contribution in [0.3, 0.4) is 0 Å². The maximum absolute atomic E-state index is 12.8. The third-order valence-electron chi connectivity index (χ3n) is 4.76. The summed E-state index contributed by atoms with van der Waals surface area (Å²) in [6, 6.07) is 7.82. The highest BCUT2D eigenvalue weighted by molar-refractivity contribution is 6.30. The van der Waals surface area contributed by atoms with Crippen LogP contribution in [0.15, 0.2) is 36.7 Å². The van der Waals surface area contributed by atoms with Gasteiger partial charge in [0.2, 0.25) is 5.91 Å². The molecule has 146 valence electrons. The first kappa shape index (κ1) is 19.9. The minimum absolute atomic E-state index is 0.137. The summed E-state index contributed by atoms with van der Waals surface area (Å²) in [5.74, 6) is 1.37. The number of rotatable bonds is 8. The van der Waals surface area contributed by atoms with Crippen LogP contribution in [0.4, 0.5) is 0 Å². The molecule has 3 rings (SSSR count). The van der Waals surface area contributed by atoms with Crippen LogP contribution < -0.4 is 0 Å². The number of carbonyl (C=O) groups excluding carboxylic acids is 1. The molecular formula is C21H28ClN3O2. The average molecular weight is 390 g/mol. The number of imidazole rings is 1. The van der Waals surface area contributed by atoms with E-state index in [9.17, 15) is 4.79 Å². The summed E-state index contributed by atoms with van der Waals surface area (Å²) in [5, 5.41) is 0.723. The molecule has 0 saturated carbocycles. The standard InChI is InChI=1S/C21H28ClN3O2/c1-16(2)11-21(26)25(14-19-7-4-10-27-19)15-20-23-8-9-24(20)13-17-5-3-6-18(22)12-17/h3,5-6,8-9,12,16,19H,4,7,10-11,13-15H2,1-2H3. The molecule has 0 N–H and O–H groups in total. The van der Waals surface area contributed by atoms with Gasteiger partial charge in [-0.25, -0.2) is 4.98 Å². The van der Waals surface area contributed by atoms with Gasteiger partial charge < -0.3 is 14.2 Å². The van der Waals surface area contributed by atoms with Crippen LogP contribution in [-0.4, -0.2) is 39.6 Å². The molecular weight excluding hydrogens is 362 g/mol. The number of amides is 1. The first-order valence-corrected chi connectivity index (χ1v) is 10.0. The van der Waals surface area contributed by atoms with Gasteiger partial charge in [-0.15, -0.1) is 0 Å². The van der Waals surface area contributed by atoms with Crippen molar-refractivity contribution < 1.29 is 9.53 Å². The first-order chi connectivity index (χ1) is 13.0. The lowest BCUT2D eigenvalue weighted by Crippen LogP contribution is -2.38. The van der Waals surface area contributed by atoms with E-state index in [4.69, 9.17) is 16.3 Å². The van der Waals surface area contributed by atoms with Gasteiger partial charge in [0.1, 0.15) is 5.82 Å². The van der Waals surface area contributed by atoms with Crippen LogP contribution in [0, 0.1) is 5.92 Å². The molecule has 1 aliphatic heterocycles. The van der Waals surface area contributed by atoms with Gasteiger partial charge in [-0.2, -0.15) is 0 Å². The molecule has 0 radical (unpaired) electrons. The Morgan fingerprint density at radius 1 is 1.44 bits per heavy atom. The van der Waals surface area contributed by atoms with Gasteiger partial charge in [-0.05, 0) is 36.5 Å². The van der Waals surface area contributed by atoms with Gasteiger partial charge in [-0.3, -0.25) is 4.79 Å². The SMILES string of the molecule is CC(C)CC(=O)N(Cc1nccn1Cc1cccc(Cl)c1)CC1CCCO1. The number of nitrogens with zero attached hydrogens (tertiary/aromatic N) is 3. The molecule has 2 heterocycles. The van der Waals surface area contributed by atoms with Crippen molar-refractivity contribution in [2.75, 3.05) is 13.2 Å². The Hall–Kier alpha value is -1.85. The van der Waals surface area contributed by atoms with Crippen LogP contribution >= 0.6 is 11.6 Å². The molecule has 27 heavy (non-hydrogen) atoms. The van der Waals surface area contributed by atoms with Crippen molar-refractivity contribution >= 4 is 17.5 Å². The molecule has 5 nitrogen and oxygen atoms in total. The highest BCUT2D eigenvalue weighted by Crippen LogP contribution is 2.18. The van der Waals surface area contributed by atoms with Crippen molar-refractivity contribution in [3.63, 3.8) is 0 Å². The monoisotopic (exact) mass is 389 g/mol. The third kappa shape index (κ3) is 5.81. The molecule has 2 aromatic rings. The zero-order chi connectivity index (χ0) is 19.2. The Kier molecular flexibility index (Phi) is 6.91. The molecule has 1 aromatic heterocycles. The fourth-order valence-electron chi connectivity index (χ4n) is 3.41. The predicted molar refractivity (Wildman–Crippen MR) is 107 cm³/mol. The molecule has 1 aromatic carbocycles. The maximum atomic E-state index is 12.8. The van der Waals surface area contributed by atoms with Crippen LogP contribution in [-0.2, 0) is 22.6 Å². The molecule has 0 bridgehead atoms. The first-order valence-electron chi connectivity index (χ1n) is 9.65. The van der Waals surface area contributed by atoms with E-state index >= 15 is 0 Å². The number of ether oxygens (including phenoxy) is 1. The van der Waals surface area contributed by atoms with Crippen molar-refractivity contribution in [1.29, 1.82) is 0 Å². The highest BCUT2D eigenvalue weighted by Gasteiger charge is 2.24. The predicted octanol–water partition coefficient (Wildman–Crippen LogP) is 4.14. The Morgan fingerprint density at radius 2 is 2.30 bits per heavy atom. The van der Waals surface area contributed by atoms with Gasteiger partial charge in [-0.1, -0.05) is 37.6 Å². The number of halogens is 1. The van der Waals surface area contributed by atoms with Crippen molar-refractivity contribution in [2.45, 2.75) is 52.3 Å². The summed E-state index contributed by atoms with van der Waals surface area (Å²) >= 11 is 6.10. The summed E-state index contributed by atoms with van der Waals surface area (Å²) in [4.78, 5) is 19.2. The number of hydrogen-bond donors (Lipinski definition) is 0. The van der Waals surface area contributed by atoms with Gasteiger partial charge in [0.05, 0.1) is 12.6 Å². The van der Waals surface area contributed by atoms with E-state index in [-0.39, 0.29) is 12.0 Å². The molecule has 6 heteroatoms. The normalized spacial score (nSPS) is 16.8. The van der Waals surface area contributed by atoms with Crippen molar-refractivity contribution in [3.05, 3.63) is 53.1 Å². The van der Waals surface area contributed by atoms with Gasteiger partial charge in [0, 0.05) is 43.5 Å². The fourth-order valence-corrected chi connectivity index (χ4v) is 3.62. The lowest BCUT2D eigenvalue weighted by Gasteiger charge is -2.26. The summed E-state index contributed by atoms with van der Waals surface area (Å²) < 4.78 is 7.84. The minimum Gasteiger partial charge on any atom is -0.376 e. The molecule has 1 aliphatic rings. The second-order valence-corrected chi connectivity index (χ2v) is 8.04. The van der Waals surface area contributed by atoms with Crippen LogP contribution in [0.2, 0.25) is 5.02 Å². The Morgan fingerprint density at radius 3 is 3.00 bits per heavy atom. The molecule has 1 atom stereocenters. The Balaban J connectivity index is 1.72. The second-order valence-electron chi connectivity index (χ2n) is 7.61. The van der Waals surface area contributed by atoms with Gasteiger partial charge in [0.25, 0.3) is 0 Å². The Labute approximate surface area is 166 Å². The lowest BCUT2D eigenvalue weighted by atomic mass is 10.1. The third-order valence-corrected chi connectivity index (χ3v) is 4.99. The zero-order valence-electron chi connectivity index (χ0n) is 16.1. The molecule has 1 saturated heterocycles. The largest absolute Gasteiger partial charge is 0.376 e. The topological polar surface area (TPSA) is 47.4 Å². The fraction of sp³-hybridized carbons (Fsp3) is 0.524. The van der Waals surface area contributed by atoms with E-state index in [2.05, 4.69) is 23.4 Å². The van der Waals surface area contributed by atoms with Gasteiger partial charge in [0.15, 0.2) is 0 Å². The van der Waals surface area contributed by atoms with E-state index in [0.29, 0.717) is 32.0 Å². The molecule has 0 aliphatic carbocycles. The van der Waals surface area contributed by atoms with Crippen LogP contribution in [0.5, 0.6) is 0 Å². The summed E-state index contributed by atoms with van der Waals surface area (Å²) in [6.07, 6.45) is 6.51. The minimum atomic E-state index is 0.137. The zero-order valence-corrected chi connectivity index (χ0v) is 16.9. The van der Waals surface area contributed by atoms with Crippen molar-refractivity contribution in [1.82, 2.24) is 14.5 Å². The number of hydrogen-bond acceptors (Lipinski definition) is 3. The van der Waals surface area contributed by atoms with Gasteiger partial charge >= 0.3 is 0 Å². The number of aromatic nitrogens is 2. The Bertz CT molecular complexity index is 753. The van der Waals surface area contributed by atoms with Crippen molar-refractivity contribution in [2.24, 2.45) is 5.92 Å². The van der Waals surface area contributed by atoms with E-state index < -0.39 is 0 Å². The quantitative estimate of drug-likeness (QED) is 0.681. The molecule has 1 unspecified atom stereocenters. The van der Waals surface area contributed by atoms with E-state index in [1.54, 1.807) is 6.20 Å². The maximum Gasteiger partial charge on any atom is 0.223 e. The summed E-state index contributed by atoms with van der Waals surface area (Å²) in [7, 11) is 0. The second kappa shape index (κ2) is 9.38. The van der Waals surface area contributed by atoms with Crippen molar-refractivity contribution in [3.8, 4) is 0 Å². The summed E-state index contributed by atoms with van der Waals surface area (Å²) in [6.45, 7) is 6.75. The average Bonchev–Trinajstić information content (AvgIpc) is 3.26. The summed E-state index contributed by atoms with van der Waals surface area (Å²) in [5.41, 5.74) is 1.11. The lowest BCUT2D eigenvalue weighted by molar-refractivity contribution is -0.134. The van der Waals surface area contributed by atoms with E-state index in [1.807, 2.05) is 35.4 Å². The van der Waals surface area contributed by atoms with Crippen LogP contribution in [0.25, 0.3) is 0 Å². The van der Waals surface area contributed by atoms with E-state index in [1.165, 1.54) is 0 Å². The molecule has 1 fully saturated rings. The number of carbonyl (C=O) groups is 1. The van der Waals surface area contributed by atoms with E-state index in [0.717, 1.165) is 35.9 Å². The molecule has 1 amide bonds. The smallest absolute Gasteiger partial charge is 0.223 e. The molecule has 0 spiro atoms. The van der Waals surface area contributed by atoms with Crippen LogP contribution in [0.1, 0.15) is 44.5 Å². The highest BCUT2D eigenvalue weighted by atomic mass is 35.5. The number of benzene rings is 1.